The van der Waals surface area contributed by atoms with Crippen molar-refractivity contribution in [3.8, 4) is 22.8 Å². The van der Waals surface area contributed by atoms with E-state index in [4.69, 9.17) is 18.7 Å². The summed E-state index contributed by atoms with van der Waals surface area (Å²) < 4.78 is 28.7. The summed E-state index contributed by atoms with van der Waals surface area (Å²) in [5, 5.41) is 5.87. The standard InChI is InChI=1S/C35H45N4O11P/c1-5-8-9-10-27(28(6-2)39(22-40)50-35(43)23-11-12-29-32(19-23)48-16-15-38(29)4)33(41)36-21-37-34(42)31-14-13-30(49-31)24-17-25(47-7-3)20-26(18-24)51(44,45)46/h11-14,17-20,22,27-28H,5-10,15-16,21H2,1-4H3,(H,36,41)(H,37,42)(H2,44,45,46)/t27-,28-/m1/s1. The normalized spacial score (nSPS) is 13.6. The van der Waals surface area contributed by atoms with E-state index in [0.29, 0.717) is 50.1 Å². The number of ether oxygens (including phenoxy) is 2. The third kappa shape index (κ3) is 10.1. The number of hydrogen-bond acceptors (Lipinski definition) is 10. The molecule has 4 rings (SSSR count). The third-order valence-corrected chi connectivity index (χ3v) is 9.34. The van der Waals surface area contributed by atoms with Gasteiger partial charge in [0.2, 0.25) is 12.3 Å². The maximum atomic E-state index is 13.5. The Morgan fingerprint density at radius 1 is 1.06 bits per heavy atom. The molecule has 1 aliphatic heterocycles. The molecule has 2 aromatic carbocycles. The van der Waals surface area contributed by atoms with Gasteiger partial charge in [-0.15, -0.1) is 0 Å². The van der Waals surface area contributed by atoms with Crippen molar-refractivity contribution in [3.63, 3.8) is 0 Å². The molecule has 4 N–H and O–H groups in total. The fraction of sp³-hybridized carbons (Fsp3) is 0.429. The topological polar surface area (TPSA) is 197 Å². The van der Waals surface area contributed by atoms with Crippen LogP contribution >= 0.6 is 7.60 Å². The molecule has 0 unspecified atom stereocenters. The van der Waals surface area contributed by atoms with Crippen molar-refractivity contribution in [3.05, 3.63) is 59.9 Å². The number of benzene rings is 2. The maximum Gasteiger partial charge on any atom is 0.363 e. The van der Waals surface area contributed by atoms with Crippen LogP contribution in [-0.4, -0.2) is 78.6 Å². The van der Waals surface area contributed by atoms with Gasteiger partial charge in [-0.2, -0.15) is 5.06 Å². The van der Waals surface area contributed by atoms with Gasteiger partial charge in [0.25, 0.3) is 5.91 Å². The molecule has 3 amide bonds. The third-order valence-electron chi connectivity index (χ3n) is 8.41. The van der Waals surface area contributed by atoms with Crippen LogP contribution in [0.4, 0.5) is 5.69 Å². The molecule has 16 heteroatoms. The number of carbonyl (C=O) groups excluding carboxylic acids is 4. The number of hydrogen-bond donors (Lipinski definition) is 4. The number of unbranched alkanes of at least 4 members (excludes halogenated alkanes) is 2. The minimum absolute atomic E-state index is 0.108. The zero-order chi connectivity index (χ0) is 37.1. The molecule has 0 saturated carbocycles. The highest BCUT2D eigenvalue weighted by atomic mass is 31.2. The van der Waals surface area contributed by atoms with Crippen molar-refractivity contribution in [2.45, 2.75) is 58.9 Å². The van der Waals surface area contributed by atoms with Gasteiger partial charge in [0.15, 0.2) is 5.76 Å². The summed E-state index contributed by atoms with van der Waals surface area (Å²) in [5.41, 5.74) is 1.30. The van der Waals surface area contributed by atoms with Gasteiger partial charge in [-0.1, -0.05) is 33.1 Å². The van der Waals surface area contributed by atoms with Gasteiger partial charge in [-0.3, -0.25) is 18.9 Å². The van der Waals surface area contributed by atoms with Crippen molar-refractivity contribution in [2.24, 2.45) is 5.92 Å². The summed E-state index contributed by atoms with van der Waals surface area (Å²) in [6, 6.07) is 11.0. The Labute approximate surface area is 296 Å². The number of carbonyl (C=O) groups is 4. The van der Waals surface area contributed by atoms with E-state index in [1.165, 1.54) is 30.3 Å². The molecule has 0 radical (unpaired) electrons. The van der Waals surface area contributed by atoms with Crippen molar-refractivity contribution in [1.29, 1.82) is 0 Å². The zero-order valence-electron chi connectivity index (χ0n) is 29.1. The van der Waals surface area contributed by atoms with Gasteiger partial charge in [-0.05, 0) is 68.3 Å². The Morgan fingerprint density at radius 3 is 2.53 bits per heavy atom. The second kappa shape index (κ2) is 17.9. The Balaban J connectivity index is 1.42. The number of likely N-dealkylation sites (N-methyl/N-ethyl adjacent to an activating group) is 1. The lowest BCUT2D eigenvalue weighted by Crippen LogP contribution is -2.49. The van der Waals surface area contributed by atoms with Gasteiger partial charge in [0.1, 0.15) is 23.9 Å². The predicted molar refractivity (Wildman–Crippen MR) is 188 cm³/mol. The highest BCUT2D eigenvalue weighted by Crippen LogP contribution is 2.37. The molecule has 0 saturated heterocycles. The first-order chi connectivity index (χ1) is 24.4. The van der Waals surface area contributed by atoms with Gasteiger partial charge < -0.3 is 44.0 Å². The summed E-state index contributed by atoms with van der Waals surface area (Å²) in [7, 11) is -2.69. The Kier molecular flexibility index (Phi) is 13.7. The number of furan rings is 1. The lowest BCUT2D eigenvalue weighted by atomic mass is 9.90. The smallest absolute Gasteiger partial charge is 0.363 e. The summed E-state index contributed by atoms with van der Waals surface area (Å²) in [5.74, 6) is -1.85. The van der Waals surface area contributed by atoms with Crippen molar-refractivity contribution >= 4 is 42.8 Å². The van der Waals surface area contributed by atoms with Crippen LogP contribution in [0.2, 0.25) is 0 Å². The second-order valence-electron chi connectivity index (χ2n) is 12.0. The number of nitrogens with zero attached hydrogens (tertiary/aromatic N) is 2. The molecule has 0 bridgehead atoms. The van der Waals surface area contributed by atoms with Crippen LogP contribution in [0.25, 0.3) is 11.3 Å². The largest absolute Gasteiger partial charge is 0.494 e. The average Bonchev–Trinajstić information content (AvgIpc) is 3.61. The van der Waals surface area contributed by atoms with Crippen LogP contribution in [-0.2, 0) is 19.0 Å². The molecular weight excluding hydrogens is 683 g/mol. The molecule has 1 aliphatic rings. The lowest BCUT2D eigenvalue weighted by molar-refractivity contribution is -0.171. The van der Waals surface area contributed by atoms with E-state index >= 15 is 0 Å². The summed E-state index contributed by atoms with van der Waals surface area (Å²) in [6.07, 6.45) is 3.49. The minimum Gasteiger partial charge on any atom is -0.494 e. The molecule has 2 atom stereocenters. The van der Waals surface area contributed by atoms with Crippen molar-refractivity contribution in [2.75, 3.05) is 38.4 Å². The first-order valence-corrected chi connectivity index (χ1v) is 18.4. The van der Waals surface area contributed by atoms with Crippen LogP contribution in [0.5, 0.6) is 11.5 Å². The SMILES string of the molecule is CCCCC[C@@H](C(=O)NCNC(=O)c1ccc(-c2cc(OCC)cc(P(=O)(O)O)c2)o1)[C@@H](CC)N(C=O)OC(=O)c1ccc2c(c1)OCCN2C. The van der Waals surface area contributed by atoms with Crippen molar-refractivity contribution in [1.82, 2.24) is 15.7 Å². The first-order valence-electron chi connectivity index (χ1n) is 16.8. The molecule has 0 spiro atoms. The molecule has 2 heterocycles. The van der Waals surface area contributed by atoms with Crippen LogP contribution in [0.3, 0.4) is 0 Å². The van der Waals surface area contributed by atoms with Crippen LogP contribution in [0.1, 0.15) is 73.8 Å². The number of nitrogens with one attached hydrogen (secondary N) is 2. The maximum absolute atomic E-state index is 13.5. The van der Waals surface area contributed by atoms with E-state index in [0.717, 1.165) is 23.6 Å². The number of rotatable bonds is 18. The van der Waals surface area contributed by atoms with Crippen molar-refractivity contribution < 1.29 is 52.3 Å². The van der Waals surface area contributed by atoms with Gasteiger partial charge >= 0.3 is 13.6 Å². The second-order valence-corrected chi connectivity index (χ2v) is 13.6. The van der Waals surface area contributed by atoms with E-state index < -0.39 is 37.3 Å². The Hall–Kier alpha value is -4.85. The highest BCUT2D eigenvalue weighted by Gasteiger charge is 2.34. The van der Waals surface area contributed by atoms with Gasteiger partial charge in [0, 0.05) is 12.6 Å². The number of fused-ring (bicyclic) bond motifs is 1. The molecule has 0 aliphatic carbocycles. The molecule has 276 valence electrons. The zero-order valence-corrected chi connectivity index (χ0v) is 30.0. The molecule has 1 aromatic heterocycles. The average molecular weight is 729 g/mol. The monoisotopic (exact) mass is 728 g/mol. The quantitative estimate of drug-likeness (QED) is 0.0484. The van der Waals surface area contributed by atoms with Crippen LogP contribution < -0.4 is 30.3 Å². The molecular formula is C35H45N4O11P. The summed E-state index contributed by atoms with van der Waals surface area (Å²) in [4.78, 5) is 78.8. The number of hydroxylamine groups is 2. The summed E-state index contributed by atoms with van der Waals surface area (Å²) in [6.45, 7) is 6.69. The van der Waals surface area contributed by atoms with E-state index in [9.17, 15) is 33.5 Å². The van der Waals surface area contributed by atoms with Gasteiger partial charge in [0.05, 0.1) is 48.3 Å². The van der Waals surface area contributed by atoms with E-state index in [2.05, 4.69) is 10.6 Å². The van der Waals surface area contributed by atoms with E-state index in [1.807, 2.05) is 18.9 Å². The summed E-state index contributed by atoms with van der Waals surface area (Å²) >= 11 is 0. The lowest BCUT2D eigenvalue weighted by Gasteiger charge is -2.32. The fourth-order valence-corrected chi connectivity index (χ4v) is 6.35. The fourth-order valence-electron chi connectivity index (χ4n) is 5.74. The first kappa shape index (κ1) is 38.9. The molecule has 51 heavy (non-hydrogen) atoms. The van der Waals surface area contributed by atoms with Crippen LogP contribution in [0.15, 0.2) is 52.9 Å². The number of amides is 3. The predicted octanol–water partition coefficient (Wildman–Crippen LogP) is 3.99. The Bertz CT molecular complexity index is 1740. The van der Waals surface area contributed by atoms with Gasteiger partial charge in [-0.25, -0.2) is 4.79 Å². The van der Waals surface area contributed by atoms with Crippen LogP contribution in [0, 0.1) is 5.92 Å². The highest BCUT2D eigenvalue weighted by molar-refractivity contribution is 7.60. The van der Waals surface area contributed by atoms with E-state index in [-0.39, 0.29) is 41.4 Å². The minimum atomic E-state index is -4.61. The van der Waals surface area contributed by atoms with E-state index in [1.54, 1.807) is 32.0 Å². The molecule has 15 nitrogen and oxygen atoms in total. The number of anilines is 1. The molecule has 0 fully saturated rings. The Morgan fingerprint density at radius 2 is 1.84 bits per heavy atom. The molecule has 3 aromatic rings.